The lowest BCUT2D eigenvalue weighted by atomic mass is 10.0. The Balaban J connectivity index is 1.49. The highest BCUT2D eigenvalue weighted by Crippen LogP contribution is 2.35. The summed E-state index contributed by atoms with van der Waals surface area (Å²) in [5, 5.41) is 2.34. The van der Waals surface area contributed by atoms with Crippen LogP contribution in [0.15, 0.2) is 18.2 Å². The Morgan fingerprint density at radius 2 is 1.90 bits per heavy atom. The van der Waals surface area contributed by atoms with Crippen molar-refractivity contribution in [3.63, 3.8) is 0 Å². The Bertz CT molecular complexity index is 851. The third-order valence-electron chi connectivity index (χ3n) is 6.89. The van der Waals surface area contributed by atoms with E-state index in [0.29, 0.717) is 30.5 Å². The van der Waals surface area contributed by atoms with E-state index in [1.54, 1.807) is 4.90 Å². The first-order chi connectivity index (χ1) is 14.4. The van der Waals surface area contributed by atoms with Gasteiger partial charge in [-0.25, -0.2) is 0 Å². The molecule has 1 N–H and O–H groups in total. The van der Waals surface area contributed by atoms with E-state index in [1.165, 1.54) is 0 Å². The largest absolute Gasteiger partial charge is 0.489 e. The fourth-order valence-corrected chi connectivity index (χ4v) is 5.30. The second kappa shape index (κ2) is 8.38. The van der Waals surface area contributed by atoms with E-state index in [1.807, 2.05) is 18.2 Å². The van der Waals surface area contributed by atoms with Crippen LogP contribution in [0.25, 0.3) is 0 Å². The van der Waals surface area contributed by atoms with Crippen LogP contribution in [0.3, 0.4) is 0 Å². The SMILES string of the molecule is CCN(CC)[C@H]1C(C)CC[C@@H]1Oc1ccc2c(c1)CN(C1CCC(=O)NC1=O)C2=O. The van der Waals surface area contributed by atoms with Crippen molar-refractivity contribution in [3.05, 3.63) is 29.3 Å². The molecule has 2 fully saturated rings. The van der Waals surface area contributed by atoms with Gasteiger partial charge in [0.05, 0.1) is 0 Å². The molecule has 2 aliphatic heterocycles. The number of nitrogens with zero attached hydrogens (tertiary/aromatic N) is 2. The van der Waals surface area contributed by atoms with Crippen molar-refractivity contribution in [1.29, 1.82) is 0 Å². The lowest BCUT2D eigenvalue weighted by Gasteiger charge is -2.34. The number of hydrogen-bond donors (Lipinski definition) is 1. The summed E-state index contributed by atoms with van der Waals surface area (Å²) in [6, 6.07) is 5.43. The highest BCUT2D eigenvalue weighted by Gasteiger charge is 2.40. The number of likely N-dealkylation sites (N-methyl/N-ethyl adjacent to an activating group) is 1. The molecule has 0 spiro atoms. The lowest BCUT2D eigenvalue weighted by molar-refractivity contribution is -0.136. The highest BCUT2D eigenvalue weighted by molar-refractivity contribution is 6.05. The first-order valence-electron chi connectivity index (χ1n) is 11.1. The molecule has 0 bridgehead atoms. The van der Waals surface area contributed by atoms with Crippen LogP contribution < -0.4 is 10.1 Å². The molecule has 3 amide bonds. The van der Waals surface area contributed by atoms with Crippen molar-refractivity contribution in [2.45, 2.75) is 71.2 Å². The van der Waals surface area contributed by atoms with Gasteiger partial charge < -0.3 is 9.64 Å². The second-order valence-corrected chi connectivity index (χ2v) is 8.64. The van der Waals surface area contributed by atoms with Crippen molar-refractivity contribution in [3.8, 4) is 5.75 Å². The van der Waals surface area contributed by atoms with E-state index >= 15 is 0 Å². The summed E-state index contributed by atoms with van der Waals surface area (Å²) in [6.07, 6.45) is 2.96. The number of ether oxygens (including phenoxy) is 1. The molecule has 3 aliphatic rings. The van der Waals surface area contributed by atoms with Crippen LogP contribution in [0.1, 0.15) is 62.4 Å². The van der Waals surface area contributed by atoms with Crippen molar-refractivity contribution in [2.24, 2.45) is 5.92 Å². The third kappa shape index (κ3) is 3.71. The van der Waals surface area contributed by atoms with Crippen molar-refractivity contribution >= 4 is 17.7 Å². The number of imide groups is 1. The van der Waals surface area contributed by atoms with Crippen molar-refractivity contribution in [2.75, 3.05) is 13.1 Å². The molecule has 30 heavy (non-hydrogen) atoms. The Hall–Kier alpha value is -2.41. The first-order valence-corrected chi connectivity index (χ1v) is 11.1. The Labute approximate surface area is 177 Å². The fraction of sp³-hybridized carbons (Fsp3) is 0.609. The van der Waals surface area contributed by atoms with Crippen LogP contribution in [-0.2, 0) is 16.1 Å². The monoisotopic (exact) mass is 413 g/mol. The zero-order valence-electron chi connectivity index (χ0n) is 18.0. The third-order valence-corrected chi connectivity index (χ3v) is 6.89. The molecule has 162 valence electrons. The molecule has 1 saturated heterocycles. The average Bonchev–Trinajstić information content (AvgIpc) is 3.23. The maximum Gasteiger partial charge on any atom is 0.255 e. The van der Waals surface area contributed by atoms with E-state index in [0.717, 1.165) is 37.2 Å². The number of piperidine rings is 1. The molecule has 4 rings (SSSR count). The summed E-state index contributed by atoms with van der Waals surface area (Å²) in [5.74, 6) is 0.564. The van der Waals surface area contributed by atoms with E-state index in [-0.39, 0.29) is 30.2 Å². The summed E-state index contributed by atoms with van der Waals surface area (Å²) in [7, 11) is 0. The maximum atomic E-state index is 12.9. The van der Waals surface area contributed by atoms with E-state index in [9.17, 15) is 14.4 Å². The topological polar surface area (TPSA) is 79.0 Å². The molecular formula is C23H31N3O4. The van der Waals surface area contributed by atoms with Gasteiger partial charge in [0, 0.05) is 24.6 Å². The number of fused-ring (bicyclic) bond motifs is 1. The van der Waals surface area contributed by atoms with Gasteiger partial charge in [-0.15, -0.1) is 0 Å². The average molecular weight is 414 g/mol. The van der Waals surface area contributed by atoms with Gasteiger partial charge in [-0.1, -0.05) is 20.8 Å². The van der Waals surface area contributed by atoms with Crippen LogP contribution in [0.4, 0.5) is 0 Å². The highest BCUT2D eigenvalue weighted by atomic mass is 16.5. The van der Waals surface area contributed by atoms with Crippen LogP contribution in [-0.4, -0.2) is 58.8 Å². The summed E-state index contributed by atoms with van der Waals surface area (Å²) < 4.78 is 6.42. The number of amides is 3. The molecule has 4 atom stereocenters. The van der Waals surface area contributed by atoms with Gasteiger partial charge in [-0.05, 0) is 62.0 Å². The van der Waals surface area contributed by atoms with Crippen LogP contribution in [0.2, 0.25) is 0 Å². The summed E-state index contributed by atoms with van der Waals surface area (Å²) in [4.78, 5) is 40.6. The summed E-state index contributed by atoms with van der Waals surface area (Å²) >= 11 is 0. The first kappa shape index (κ1) is 20.8. The molecule has 7 heteroatoms. The molecule has 2 heterocycles. The van der Waals surface area contributed by atoms with Crippen LogP contribution in [0, 0.1) is 5.92 Å². The number of nitrogens with one attached hydrogen (secondary N) is 1. The van der Waals surface area contributed by atoms with Gasteiger partial charge in [0.2, 0.25) is 11.8 Å². The van der Waals surface area contributed by atoms with Crippen LogP contribution >= 0.6 is 0 Å². The molecule has 2 unspecified atom stereocenters. The Morgan fingerprint density at radius 3 is 2.60 bits per heavy atom. The molecule has 1 aliphatic carbocycles. The molecule has 1 saturated carbocycles. The molecule has 7 nitrogen and oxygen atoms in total. The van der Waals surface area contributed by atoms with Gasteiger partial charge in [-0.3, -0.25) is 24.6 Å². The number of carbonyl (C=O) groups excluding carboxylic acids is 3. The minimum atomic E-state index is -0.588. The van der Waals surface area contributed by atoms with Gasteiger partial charge in [0.1, 0.15) is 17.9 Å². The number of carbonyl (C=O) groups is 3. The molecule has 1 aromatic carbocycles. The van der Waals surface area contributed by atoms with Gasteiger partial charge in [0.25, 0.3) is 5.91 Å². The lowest BCUT2D eigenvalue weighted by Crippen LogP contribution is -2.52. The van der Waals surface area contributed by atoms with Gasteiger partial charge in [0.15, 0.2) is 0 Å². The van der Waals surface area contributed by atoms with Gasteiger partial charge >= 0.3 is 0 Å². The standard InChI is InChI=1S/C23H31N3O4/c1-4-25(5-2)21-14(3)6-10-19(21)30-16-7-8-17-15(12-16)13-26(23(17)29)18-9-11-20(27)24-22(18)28/h7-8,12,14,18-19,21H,4-6,9-11,13H2,1-3H3,(H,24,27,28)/t14?,18?,19-,21-/m0/s1. The van der Waals surface area contributed by atoms with Crippen molar-refractivity contribution in [1.82, 2.24) is 15.1 Å². The van der Waals surface area contributed by atoms with E-state index in [2.05, 4.69) is 31.0 Å². The molecule has 1 aromatic rings. The smallest absolute Gasteiger partial charge is 0.255 e. The fourth-order valence-electron chi connectivity index (χ4n) is 5.30. The zero-order chi connectivity index (χ0) is 21.4. The zero-order valence-corrected chi connectivity index (χ0v) is 18.0. The summed E-state index contributed by atoms with van der Waals surface area (Å²) in [6.45, 7) is 9.06. The normalized spacial score (nSPS) is 28.8. The Morgan fingerprint density at radius 1 is 1.13 bits per heavy atom. The Kier molecular flexibility index (Phi) is 5.82. The van der Waals surface area contributed by atoms with Crippen molar-refractivity contribution < 1.29 is 19.1 Å². The van der Waals surface area contributed by atoms with Crippen LogP contribution in [0.5, 0.6) is 5.75 Å². The second-order valence-electron chi connectivity index (χ2n) is 8.64. The maximum absolute atomic E-state index is 12.9. The summed E-state index contributed by atoms with van der Waals surface area (Å²) in [5.41, 5.74) is 1.50. The number of hydrogen-bond acceptors (Lipinski definition) is 5. The van der Waals surface area contributed by atoms with E-state index < -0.39 is 6.04 Å². The van der Waals surface area contributed by atoms with E-state index in [4.69, 9.17) is 4.74 Å². The predicted molar refractivity (Wildman–Crippen MR) is 112 cm³/mol. The minimum Gasteiger partial charge on any atom is -0.489 e. The predicted octanol–water partition coefficient (Wildman–Crippen LogP) is 2.34. The van der Waals surface area contributed by atoms with Gasteiger partial charge in [-0.2, -0.15) is 0 Å². The quantitative estimate of drug-likeness (QED) is 0.724. The number of rotatable bonds is 6. The number of benzene rings is 1. The molecule has 0 aromatic heterocycles. The minimum absolute atomic E-state index is 0.140. The molecular weight excluding hydrogens is 382 g/mol. The molecule has 0 radical (unpaired) electrons.